The third kappa shape index (κ3) is 4.04. The molecule has 0 amide bonds. The molecule has 94 valence electrons. The molecular weight excluding hydrogens is 202 g/mol. The molecule has 0 aromatic carbocycles. The minimum atomic E-state index is 0.332. The first kappa shape index (κ1) is 12.3. The molecule has 3 heteroatoms. The molecule has 0 aromatic rings. The Morgan fingerprint density at radius 3 is 2.62 bits per heavy atom. The van der Waals surface area contributed by atoms with Crippen molar-refractivity contribution in [2.24, 2.45) is 0 Å². The third-order valence-corrected chi connectivity index (χ3v) is 3.63. The van der Waals surface area contributed by atoms with Crippen LogP contribution in [-0.2, 0) is 4.74 Å². The molecule has 2 rings (SSSR count). The van der Waals surface area contributed by atoms with Crippen molar-refractivity contribution in [2.75, 3.05) is 26.3 Å². The largest absolute Gasteiger partial charge is 0.396 e. The molecule has 2 fully saturated rings. The zero-order valence-electron chi connectivity index (χ0n) is 10.2. The Labute approximate surface area is 98.8 Å². The maximum absolute atomic E-state index is 8.81. The number of hydrogen-bond donors (Lipinski definition) is 1. The number of ether oxygens (including phenoxy) is 1. The average molecular weight is 227 g/mol. The van der Waals surface area contributed by atoms with Gasteiger partial charge < -0.3 is 9.84 Å². The number of rotatable bonds is 7. The lowest BCUT2D eigenvalue weighted by molar-refractivity contribution is -0.00762. The van der Waals surface area contributed by atoms with Crippen molar-refractivity contribution in [3.05, 3.63) is 0 Å². The van der Waals surface area contributed by atoms with E-state index in [2.05, 4.69) is 4.90 Å². The Bertz CT molecular complexity index is 188. The highest BCUT2D eigenvalue weighted by molar-refractivity contribution is 4.86. The maximum atomic E-state index is 8.81. The van der Waals surface area contributed by atoms with Crippen LogP contribution in [-0.4, -0.2) is 48.5 Å². The van der Waals surface area contributed by atoms with Gasteiger partial charge in [-0.05, 0) is 51.5 Å². The lowest BCUT2D eigenvalue weighted by Gasteiger charge is -2.30. The van der Waals surface area contributed by atoms with E-state index in [1.54, 1.807) is 0 Å². The smallest absolute Gasteiger partial charge is 0.0702 e. The van der Waals surface area contributed by atoms with Crippen LogP contribution in [0.3, 0.4) is 0 Å². The van der Waals surface area contributed by atoms with E-state index in [0.717, 1.165) is 38.6 Å². The van der Waals surface area contributed by atoms with Crippen LogP contribution >= 0.6 is 0 Å². The molecule has 3 nitrogen and oxygen atoms in total. The quantitative estimate of drug-likeness (QED) is 0.673. The number of nitrogens with zero attached hydrogens (tertiary/aromatic N) is 1. The predicted molar refractivity (Wildman–Crippen MR) is 64.5 cm³/mol. The molecule has 1 heterocycles. The van der Waals surface area contributed by atoms with E-state index < -0.39 is 0 Å². The Morgan fingerprint density at radius 2 is 2.00 bits per heavy atom. The van der Waals surface area contributed by atoms with Crippen LogP contribution in [0, 0.1) is 0 Å². The van der Waals surface area contributed by atoms with Crippen molar-refractivity contribution >= 4 is 0 Å². The molecule has 16 heavy (non-hydrogen) atoms. The summed E-state index contributed by atoms with van der Waals surface area (Å²) in [6, 6.07) is 0.823. The van der Waals surface area contributed by atoms with Gasteiger partial charge in [0.2, 0.25) is 0 Å². The molecule has 1 saturated carbocycles. The van der Waals surface area contributed by atoms with Gasteiger partial charge in [-0.25, -0.2) is 0 Å². The van der Waals surface area contributed by atoms with E-state index in [0.29, 0.717) is 12.7 Å². The highest BCUT2D eigenvalue weighted by atomic mass is 16.5. The van der Waals surface area contributed by atoms with Gasteiger partial charge in [-0.2, -0.15) is 0 Å². The Morgan fingerprint density at radius 1 is 1.12 bits per heavy atom. The average Bonchev–Trinajstić information content (AvgIpc) is 3.13. The number of unbranched alkanes of at least 4 members (excludes halogenated alkanes) is 1. The van der Waals surface area contributed by atoms with Crippen molar-refractivity contribution < 1.29 is 9.84 Å². The summed E-state index contributed by atoms with van der Waals surface area (Å²) in [5, 5.41) is 8.81. The fraction of sp³-hybridized carbons (Fsp3) is 1.00. The third-order valence-electron chi connectivity index (χ3n) is 3.63. The summed E-state index contributed by atoms with van der Waals surface area (Å²) in [6.45, 7) is 3.55. The van der Waals surface area contributed by atoms with Crippen LogP contribution in [0.5, 0.6) is 0 Å². The molecule has 1 aliphatic carbocycles. The van der Waals surface area contributed by atoms with Crippen molar-refractivity contribution in [3.8, 4) is 0 Å². The van der Waals surface area contributed by atoms with Gasteiger partial charge in [0, 0.05) is 25.8 Å². The normalized spacial score (nSPS) is 26.2. The summed E-state index contributed by atoms with van der Waals surface area (Å²) in [4.78, 5) is 2.59. The molecule has 1 saturated heterocycles. The fourth-order valence-corrected chi connectivity index (χ4v) is 2.50. The number of hydrogen-bond acceptors (Lipinski definition) is 3. The van der Waals surface area contributed by atoms with Gasteiger partial charge in [-0.1, -0.05) is 0 Å². The second kappa shape index (κ2) is 6.58. The number of aliphatic hydroxyl groups excluding tert-OH is 1. The summed E-state index contributed by atoms with van der Waals surface area (Å²) >= 11 is 0. The first-order chi connectivity index (χ1) is 7.90. The van der Waals surface area contributed by atoms with Gasteiger partial charge >= 0.3 is 0 Å². The van der Waals surface area contributed by atoms with Crippen LogP contribution in [0.1, 0.15) is 44.9 Å². The van der Waals surface area contributed by atoms with Crippen LogP contribution in [0.15, 0.2) is 0 Å². The van der Waals surface area contributed by atoms with E-state index in [1.807, 2.05) is 0 Å². The first-order valence-electron chi connectivity index (χ1n) is 6.86. The molecule has 0 aromatic heterocycles. The van der Waals surface area contributed by atoms with Gasteiger partial charge in [-0.3, -0.25) is 4.90 Å². The van der Waals surface area contributed by atoms with Crippen molar-refractivity contribution in [2.45, 2.75) is 57.1 Å². The minimum Gasteiger partial charge on any atom is -0.396 e. The maximum Gasteiger partial charge on any atom is 0.0702 e. The SMILES string of the molecule is OCCCCN(CC1CCCCO1)C1CC1. The lowest BCUT2D eigenvalue weighted by atomic mass is 10.1. The highest BCUT2D eigenvalue weighted by Crippen LogP contribution is 2.28. The Balaban J connectivity index is 1.68. The molecule has 0 spiro atoms. The second-order valence-electron chi connectivity index (χ2n) is 5.15. The van der Waals surface area contributed by atoms with Gasteiger partial charge in [-0.15, -0.1) is 0 Å². The zero-order chi connectivity index (χ0) is 11.2. The molecule has 0 radical (unpaired) electrons. The van der Waals surface area contributed by atoms with Crippen LogP contribution in [0.2, 0.25) is 0 Å². The predicted octanol–water partition coefficient (Wildman–Crippen LogP) is 1.79. The van der Waals surface area contributed by atoms with Gasteiger partial charge in [0.05, 0.1) is 6.10 Å². The van der Waals surface area contributed by atoms with Crippen LogP contribution in [0.4, 0.5) is 0 Å². The van der Waals surface area contributed by atoms with Crippen molar-refractivity contribution in [1.29, 1.82) is 0 Å². The summed E-state index contributed by atoms with van der Waals surface area (Å²) in [5.41, 5.74) is 0. The molecule has 1 N–H and O–H groups in total. The molecule has 0 bridgehead atoms. The standard InChI is InChI=1S/C13H25NO2/c15-9-3-2-8-14(12-6-7-12)11-13-5-1-4-10-16-13/h12-13,15H,1-11H2. The summed E-state index contributed by atoms with van der Waals surface area (Å²) < 4.78 is 5.80. The van der Waals surface area contributed by atoms with E-state index in [4.69, 9.17) is 9.84 Å². The summed E-state index contributed by atoms with van der Waals surface area (Å²) in [7, 11) is 0. The number of aliphatic hydroxyl groups is 1. The molecule has 1 atom stereocenters. The topological polar surface area (TPSA) is 32.7 Å². The molecule has 1 aliphatic heterocycles. The minimum absolute atomic E-state index is 0.332. The van der Waals surface area contributed by atoms with Gasteiger partial charge in [0.25, 0.3) is 0 Å². The van der Waals surface area contributed by atoms with Gasteiger partial charge in [0.1, 0.15) is 0 Å². The van der Waals surface area contributed by atoms with Crippen LogP contribution < -0.4 is 0 Å². The Kier molecular flexibility index (Phi) is 5.07. The van der Waals surface area contributed by atoms with Crippen molar-refractivity contribution in [3.63, 3.8) is 0 Å². The first-order valence-corrected chi connectivity index (χ1v) is 6.86. The van der Waals surface area contributed by atoms with E-state index >= 15 is 0 Å². The lowest BCUT2D eigenvalue weighted by Crippen LogP contribution is -2.37. The van der Waals surface area contributed by atoms with E-state index in [9.17, 15) is 0 Å². The fourth-order valence-electron chi connectivity index (χ4n) is 2.50. The Hall–Kier alpha value is -0.120. The molecule has 2 aliphatic rings. The second-order valence-corrected chi connectivity index (χ2v) is 5.15. The monoisotopic (exact) mass is 227 g/mol. The molecular formula is C13H25NO2. The van der Waals surface area contributed by atoms with Gasteiger partial charge in [0.15, 0.2) is 0 Å². The summed E-state index contributed by atoms with van der Waals surface area (Å²) in [5.74, 6) is 0. The van der Waals surface area contributed by atoms with Crippen molar-refractivity contribution in [1.82, 2.24) is 4.90 Å². The van der Waals surface area contributed by atoms with Crippen LogP contribution in [0.25, 0.3) is 0 Å². The highest BCUT2D eigenvalue weighted by Gasteiger charge is 2.30. The van der Waals surface area contributed by atoms with E-state index in [1.165, 1.54) is 32.1 Å². The summed E-state index contributed by atoms with van der Waals surface area (Å²) in [6.07, 6.45) is 9.09. The molecule has 1 unspecified atom stereocenters. The zero-order valence-corrected chi connectivity index (χ0v) is 10.2. The van der Waals surface area contributed by atoms with E-state index in [-0.39, 0.29) is 0 Å².